The highest BCUT2D eigenvalue weighted by Crippen LogP contribution is 2.16. The van der Waals surface area contributed by atoms with Crippen molar-refractivity contribution in [2.24, 2.45) is 20.5 Å². The molecule has 0 atom stereocenters. The van der Waals surface area contributed by atoms with Gasteiger partial charge in [-0.25, -0.2) is 27.1 Å². The average Bonchev–Trinajstić information content (AvgIpc) is 3.45. The fourth-order valence-corrected chi connectivity index (χ4v) is 4.28. The van der Waals surface area contributed by atoms with Gasteiger partial charge in [-0.15, -0.1) is 0 Å². The molecule has 12 heteroatoms. The van der Waals surface area contributed by atoms with E-state index in [1.165, 1.54) is 24.3 Å². The van der Waals surface area contributed by atoms with Crippen LogP contribution in [0.15, 0.2) is 105 Å². The number of primary sulfonamides is 2. The number of benzene rings is 2. The van der Waals surface area contributed by atoms with Crippen molar-refractivity contribution in [3.63, 3.8) is 0 Å². The van der Waals surface area contributed by atoms with Crippen LogP contribution in [0.5, 0.6) is 0 Å². The standard InChI is InChI=1S/C22H20N6O4S2/c23-33(29,30)21-9-5-17(6-10-21)27-13-1-3-19(27)15-25-26-16-20-4-2-14-28(20)18-7-11-22(12-8-18)34(24,31)32/h1-16H,(H2,23,29,30)(H2,24,31,32)/b25-15-,26-16-. The highest BCUT2D eigenvalue weighted by molar-refractivity contribution is 7.89. The minimum absolute atomic E-state index is 0.0329. The van der Waals surface area contributed by atoms with E-state index in [9.17, 15) is 16.8 Å². The van der Waals surface area contributed by atoms with Crippen LogP contribution in [0.3, 0.4) is 0 Å². The van der Waals surface area contributed by atoms with Gasteiger partial charge >= 0.3 is 0 Å². The lowest BCUT2D eigenvalue weighted by Gasteiger charge is -2.07. The molecule has 0 spiro atoms. The van der Waals surface area contributed by atoms with Crippen molar-refractivity contribution in [2.75, 3.05) is 0 Å². The smallest absolute Gasteiger partial charge is 0.238 e. The third-order valence-corrected chi connectivity index (χ3v) is 6.75. The molecule has 2 aromatic carbocycles. The maximum Gasteiger partial charge on any atom is 0.238 e. The molecule has 0 amide bonds. The summed E-state index contributed by atoms with van der Waals surface area (Å²) in [5.74, 6) is 0. The van der Waals surface area contributed by atoms with E-state index in [1.54, 1.807) is 36.7 Å². The van der Waals surface area contributed by atoms with Gasteiger partial charge in [0.2, 0.25) is 20.0 Å². The normalized spacial score (nSPS) is 12.6. The number of aromatic nitrogens is 2. The average molecular weight is 497 g/mol. The number of hydrogen-bond acceptors (Lipinski definition) is 6. The van der Waals surface area contributed by atoms with Crippen LogP contribution in [-0.4, -0.2) is 38.4 Å². The van der Waals surface area contributed by atoms with Crippen molar-refractivity contribution < 1.29 is 16.8 Å². The molecule has 0 fully saturated rings. The first kappa shape index (κ1) is 23.3. The summed E-state index contributed by atoms with van der Waals surface area (Å²) >= 11 is 0. The van der Waals surface area contributed by atoms with Gasteiger partial charge < -0.3 is 9.13 Å². The Morgan fingerprint density at radius 1 is 0.588 bits per heavy atom. The van der Waals surface area contributed by atoms with Gasteiger partial charge in [0.1, 0.15) is 0 Å². The van der Waals surface area contributed by atoms with Gasteiger partial charge in [0.15, 0.2) is 0 Å². The molecular weight excluding hydrogens is 476 g/mol. The molecule has 2 aromatic heterocycles. The highest BCUT2D eigenvalue weighted by atomic mass is 32.2. The van der Waals surface area contributed by atoms with Gasteiger partial charge in [-0.3, -0.25) is 0 Å². The molecule has 10 nitrogen and oxygen atoms in total. The third kappa shape index (κ3) is 5.21. The van der Waals surface area contributed by atoms with E-state index in [-0.39, 0.29) is 9.79 Å². The molecule has 2 heterocycles. The van der Waals surface area contributed by atoms with E-state index >= 15 is 0 Å². The van der Waals surface area contributed by atoms with Crippen molar-refractivity contribution in [2.45, 2.75) is 9.79 Å². The minimum atomic E-state index is -3.76. The quantitative estimate of drug-likeness (QED) is 0.297. The van der Waals surface area contributed by atoms with Crippen molar-refractivity contribution in [3.05, 3.63) is 96.6 Å². The molecule has 0 unspecified atom stereocenters. The zero-order chi connectivity index (χ0) is 24.3. The first-order valence-corrected chi connectivity index (χ1v) is 12.9. The van der Waals surface area contributed by atoms with Crippen LogP contribution in [0.25, 0.3) is 11.4 Å². The van der Waals surface area contributed by atoms with Gasteiger partial charge in [-0.1, -0.05) is 0 Å². The second-order valence-electron chi connectivity index (χ2n) is 7.17. The van der Waals surface area contributed by atoms with Crippen molar-refractivity contribution in [1.29, 1.82) is 0 Å². The lowest BCUT2D eigenvalue weighted by atomic mass is 10.3. The van der Waals surface area contributed by atoms with Crippen LogP contribution in [0.2, 0.25) is 0 Å². The van der Waals surface area contributed by atoms with Crippen LogP contribution in [0, 0.1) is 0 Å². The van der Waals surface area contributed by atoms with Gasteiger partial charge in [0, 0.05) is 23.8 Å². The zero-order valence-electron chi connectivity index (χ0n) is 17.6. The number of nitrogens with two attached hydrogens (primary N) is 2. The summed E-state index contributed by atoms with van der Waals surface area (Å²) in [6.45, 7) is 0. The third-order valence-electron chi connectivity index (χ3n) is 4.89. The molecule has 4 N–H and O–H groups in total. The summed E-state index contributed by atoms with van der Waals surface area (Å²) in [6.07, 6.45) is 6.76. The Kier molecular flexibility index (Phi) is 6.30. The topological polar surface area (TPSA) is 155 Å². The Labute approximate surface area is 196 Å². The molecule has 0 bridgehead atoms. The van der Waals surface area contributed by atoms with Gasteiger partial charge in [0.25, 0.3) is 0 Å². The Hall–Kier alpha value is -3.84. The Balaban J connectivity index is 1.51. The summed E-state index contributed by atoms with van der Waals surface area (Å²) in [5, 5.41) is 18.5. The van der Waals surface area contributed by atoms with Crippen LogP contribution in [0.1, 0.15) is 11.4 Å². The molecule has 0 saturated carbocycles. The van der Waals surface area contributed by atoms with E-state index in [1.807, 2.05) is 45.8 Å². The summed E-state index contributed by atoms with van der Waals surface area (Å²) < 4.78 is 49.4. The zero-order valence-corrected chi connectivity index (χ0v) is 19.3. The molecule has 0 aliphatic carbocycles. The van der Waals surface area contributed by atoms with E-state index < -0.39 is 20.0 Å². The predicted molar refractivity (Wildman–Crippen MR) is 129 cm³/mol. The highest BCUT2D eigenvalue weighted by Gasteiger charge is 2.09. The number of sulfonamides is 2. The fourth-order valence-electron chi connectivity index (χ4n) is 3.25. The lowest BCUT2D eigenvalue weighted by molar-refractivity contribution is 0.596. The molecule has 0 radical (unpaired) electrons. The van der Waals surface area contributed by atoms with Crippen LogP contribution in [-0.2, 0) is 20.0 Å². The van der Waals surface area contributed by atoms with Crippen molar-refractivity contribution >= 4 is 32.5 Å². The van der Waals surface area contributed by atoms with Crippen molar-refractivity contribution in [3.8, 4) is 11.4 Å². The molecule has 0 aliphatic heterocycles. The van der Waals surface area contributed by atoms with Crippen LogP contribution < -0.4 is 10.3 Å². The van der Waals surface area contributed by atoms with Crippen LogP contribution in [0.4, 0.5) is 0 Å². The largest absolute Gasteiger partial charge is 0.316 e. The Bertz CT molecular complexity index is 1460. The molecular formula is C22H20N6O4S2. The maximum atomic E-state index is 11.4. The second-order valence-corrected chi connectivity index (χ2v) is 10.3. The molecule has 0 saturated heterocycles. The fraction of sp³-hybridized carbons (Fsp3) is 0. The summed E-state index contributed by atoms with van der Waals surface area (Å²) in [7, 11) is -7.52. The second kappa shape index (κ2) is 9.19. The van der Waals surface area contributed by atoms with E-state index in [4.69, 9.17) is 10.3 Å². The maximum absolute atomic E-state index is 11.4. The van der Waals surface area contributed by atoms with E-state index in [0.29, 0.717) is 0 Å². The molecule has 174 valence electrons. The van der Waals surface area contributed by atoms with Gasteiger partial charge in [-0.05, 0) is 72.8 Å². The van der Waals surface area contributed by atoms with Crippen molar-refractivity contribution in [1.82, 2.24) is 9.13 Å². The number of rotatable bonds is 7. The Morgan fingerprint density at radius 3 is 1.26 bits per heavy atom. The lowest BCUT2D eigenvalue weighted by Crippen LogP contribution is -2.12. The molecule has 4 rings (SSSR count). The molecule has 34 heavy (non-hydrogen) atoms. The first-order valence-electron chi connectivity index (χ1n) is 9.80. The summed E-state index contributed by atoms with van der Waals surface area (Å²) in [4.78, 5) is 0.0658. The predicted octanol–water partition coefficient (Wildman–Crippen LogP) is 2.02. The number of nitrogens with zero attached hydrogens (tertiary/aromatic N) is 4. The van der Waals surface area contributed by atoms with Gasteiger partial charge in [0.05, 0.1) is 33.6 Å². The SMILES string of the molecule is NS(=O)(=O)c1ccc(-n2cccc2/C=N\N=C/c2cccn2-c2ccc(S(N)(=O)=O)cc2)cc1. The first-order chi connectivity index (χ1) is 16.1. The molecule has 4 aromatic rings. The van der Waals surface area contributed by atoms with Crippen LogP contribution >= 0.6 is 0 Å². The summed E-state index contributed by atoms with van der Waals surface area (Å²) in [6, 6.07) is 19.7. The van der Waals surface area contributed by atoms with E-state index in [2.05, 4.69) is 10.2 Å². The van der Waals surface area contributed by atoms with E-state index in [0.717, 1.165) is 22.8 Å². The monoisotopic (exact) mass is 496 g/mol. The summed E-state index contributed by atoms with van der Waals surface area (Å²) in [5.41, 5.74) is 2.93. The minimum Gasteiger partial charge on any atom is -0.316 e. The number of hydrogen-bond donors (Lipinski definition) is 2. The molecule has 0 aliphatic rings. The Morgan fingerprint density at radius 2 is 0.941 bits per heavy atom. The van der Waals surface area contributed by atoms with Gasteiger partial charge in [-0.2, -0.15) is 10.2 Å².